The number of nitrogens with zero attached hydrogens (tertiary/aromatic N) is 2. The highest BCUT2D eigenvalue weighted by Crippen LogP contribution is 2.20. The minimum atomic E-state index is -0.0650. The Hall–Kier alpha value is -1.53. The van der Waals surface area contributed by atoms with E-state index in [-0.39, 0.29) is 30.3 Å². The quantitative estimate of drug-likeness (QED) is 0.881. The van der Waals surface area contributed by atoms with Crippen LogP contribution in [0.3, 0.4) is 0 Å². The van der Waals surface area contributed by atoms with Crippen molar-refractivity contribution in [1.82, 2.24) is 15.1 Å². The van der Waals surface area contributed by atoms with Crippen molar-refractivity contribution in [2.45, 2.75) is 25.8 Å². The number of likely N-dealkylation sites (tertiary alicyclic amines) is 1. The van der Waals surface area contributed by atoms with Gasteiger partial charge in [0.05, 0.1) is 12.8 Å². The highest BCUT2D eigenvalue weighted by atomic mass is 35.5. The van der Waals surface area contributed by atoms with Crippen molar-refractivity contribution >= 4 is 24.2 Å². The zero-order chi connectivity index (χ0) is 14.8. The third kappa shape index (κ3) is 3.28. The SMILES string of the molecule is Cc1ccoc1C(=O)N1CCCC(N2CCNCC2=O)C1.Cl. The molecule has 0 spiro atoms. The van der Waals surface area contributed by atoms with E-state index in [9.17, 15) is 9.59 Å². The second kappa shape index (κ2) is 7.15. The van der Waals surface area contributed by atoms with E-state index in [0.29, 0.717) is 18.8 Å². The first-order chi connectivity index (χ1) is 10.2. The van der Waals surface area contributed by atoms with Crippen LogP contribution in [0, 0.1) is 6.92 Å². The average molecular weight is 328 g/mol. The molecule has 122 valence electrons. The number of hydrogen-bond acceptors (Lipinski definition) is 4. The molecule has 6 nitrogen and oxygen atoms in total. The molecule has 1 N–H and O–H groups in total. The van der Waals surface area contributed by atoms with Gasteiger partial charge >= 0.3 is 0 Å². The van der Waals surface area contributed by atoms with Crippen molar-refractivity contribution in [2.75, 3.05) is 32.7 Å². The van der Waals surface area contributed by atoms with Gasteiger partial charge in [-0.15, -0.1) is 12.4 Å². The van der Waals surface area contributed by atoms with Crippen LogP contribution in [-0.4, -0.2) is 60.4 Å². The van der Waals surface area contributed by atoms with E-state index in [1.165, 1.54) is 0 Å². The lowest BCUT2D eigenvalue weighted by Crippen LogP contribution is -2.57. The number of nitrogens with one attached hydrogen (secondary N) is 1. The second-order valence-electron chi connectivity index (χ2n) is 5.74. The molecule has 0 radical (unpaired) electrons. The van der Waals surface area contributed by atoms with Crippen molar-refractivity contribution in [3.8, 4) is 0 Å². The molecular formula is C15H22ClN3O3. The Morgan fingerprint density at radius 3 is 2.91 bits per heavy atom. The molecule has 2 saturated heterocycles. The first-order valence-corrected chi connectivity index (χ1v) is 7.50. The fourth-order valence-corrected chi connectivity index (χ4v) is 3.14. The fourth-order valence-electron chi connectivity index (χ4n) is 3.14. The van der Waals surface area contributed by atoms with E-state index in [1.54, 1.807) is 12.3 Å². The number of furan rings is 1. The molecule has 22 heavy (non-hydrogen) atoms. The average Bonchev–Trinajstić information content (AvgIpc) is 2.93. The summed E-state index contributed by atoms with van der Waals surface area (Å²) in [5.41, 5.74) is 0.861. The summed E-state index contributed by atoms with van der Waals surface area (Å²) >= 11 is 0. The van der Waals surface area contributed by atoms with Crippen LogP contribution in [0.5, 0.6) is 0 Å². The van der Waals surface area contributed by atoms with E-state index in [1.807, 2.05) is 16.7 Å². The third-order valence-electron chi connectivity index (χ3n) is 4.31. The first kappa shape index (κ1) is 16.8. The number of piperazine rings is 1. The lowest BCUT2D eigenvalue weighted by molar-refractivity contribution is -0.135. The summed E-state index contributed by atoms with van der Waals surface area (Å²) in [5, 5.41) is 3.08. The summed E-state index contributed by atoms with van der Waals surface area (Å²) in [6.45, 7) is 5.17. The van der Waals surface area contributed by atoms with Crippen LogP contribution in [0.1, 0.15) is 29.0 Å². The molecule has 0 aromatic carbocycles. The van der Waals surface area contributed by atoms with E-state index < -0.39 is 0 Å². The zero-order valence-electron chi connectivity index (χ0n) is 12.7. The maximum Gasteiger partial charge on any atom is 0.289 e. The summed E-state index contributed by atoms with van der Waals surface area (Å²) in [6, 6.07) is 1.93. The summed E-state index contributed by atoms with van der Waals surface area (Å²) in [5.74, 6) is 0.488. The molecular weight excluding hydrogens is 306 g/mol. The molecule has 1 atom stereocenters. The smallest absolute Gasteiger partial charge is 0.289 e. The van der Waals surface area contributed by atoms with Gasteiger partial charge in [0, 0.05) is 37.8 Å². The number of piperidine rings is 1. The topological polar surface area (TPSA) is 65.8 Å². The lowest BCUT2D eigenvalue weighted by atomic mass is 10.0. The molecule has 3 rings (SSSR count). The molecule has 0 saturated carbocycles. The predicted octanol–water partition coefficient (Wildman–Crippen LogP) is 1.05. The van der Waals surface area contributed by atoms with Crippen molar-refractivity contribution in [1.29, 1.82) is 0 Å². The number of carbonyl (C=O) groups is 2. The van der Waals surface area contributed by atoms with Crippen molar-refractivity contribution < 1.29 is 14.0 Å². The van der Waals surface area contributed by atoms with Crippen molar-refractivity contribution in [3.05, 3.63) is 23.7 Å². The van der Waals surface area contributed by atoms with Crippen LogP contribution in [0.15, 0.2) is 16.7 Å². The summed E-state index contributed by atoms with van der Waals surface area (Å²) in [4.78, 5) is 28.2. The molecule has 0 bridgehead atoms. The Labute approximate surface area is 136 Å². The highest BCUT2D eigenvalue weighted by Gasteiger charge is 2.32. The van der Waals surface area contributed by atoms with Gasteiger partial charge in [-0.05, 0) is 25.8 Å². The Morgan fingerprint density at radius 1 is 1.41 bits per heavy atom. The predicted molar refractivity (Wildman–Crippen MR) is 84.2 cm³/mol. The standard InChI is InChI=1S/C15H21N3O3.ClH/c1-11-4-8-21-14(11)15(20)17-6-2-3-12(10-17)18-7-5-16-9-13(18)19;/h4,8,12,16H,2-3,5-7,9-10H2,1H3;1H. The third-order valence-corrected chi connectivity index (χ3v) is 4.31. The number of amides is 2. The Balaban J connectivity index is 0.00000176. The molecule has 1 aromatic rings. The summed E-state index contributed by atoms with van der Waals surface area (Å²) in [7, 11) is 0. The molecule has 3 heterocycles. The molecule has 0 aliphatic carbocycles. The van der Waals surface area contributed by atoms with Gasteiger partial charge < -0.3 is 19.5 Å². The van der Waals surface area contributed by atoms with Crippen molar-refractivity contribution in [2.24, 2.45) is 0 Å². The number of carbonyl (C=O) groups excluding carboxylic acids is 2. The molecule has 2 aliphatic rings. The van der Waals surface area contributed by atoms with Gasteiger partial charge in [-0.3, -0.25) is 9.59 Å². The summed E-state index contributed by atoms with van der Waals surface area (Å²) in [6.07, 6.45) is 3.43. The molecule has 7 heteroatoms. The maximum absolute atomic E-state index is 12.5. The normalized spacial score (nSPS) is 22.4. The van der Waals surface area contributed by atoms with Gasteiger partial charge in [0.25, 0.3) is 5.91 Å². The van der Waals surface area contributed by atoms with Crippen LogP contribution >= 0.6 is 12.4 Å². The zero-order valence-corrected chi connectivity index (χ0v) is 13.5. The first-order valence-electron chi connectivity index (χ1n) is 7.50. The second-order valence-corrected chi connectivity index (χ2v) is 5.74. The minimum Gasteiger partial charge on any atom is -0.459 e. The summed E-state index contributed by atoms with van der Waals surface area (Å²) < 4.78 is 5.30. The number of aryl methyl sites for hydroxylation is 1. The Bertz CT molecular complexity index is 546. The molecule has 2 aliphatic heterocycles. The van der Waals surface area contributed by atoms with Crippen LogP contribution < -0.4 is 5.32 Å². The van der Waals surface area contributed by atoms with E-state index in [0.717, 1.165) is 38.0 Å². The van der Waals surface area contributed by atoms with E-state index >= 15 is 0 Å². The minimum absolute atomic E-state index is 0. The van der Waals surface area contributed by atoms with Crippen LogP contribution in [0.2, 0.25) is 0 Å². The highest BCUT2D eigenvalue weighted by molar-refractivity contribution is 5.93. The van der Waals surface area contributed by atoms with E-state index in [4.69, 9.17) is 4.42 Å². The van der Waals surface area contributed by atoms with Crippen LogP contribution in [0.25, 0.3) is 0 Å². The Kier molecular flexibility index (Phi) is 5.47. The number of halogens is 1. The molecule has 2 amide bonds. The van der Waals surface area contributed by atoms with Gasteiger partial charge in [0.2, 0.25) is 5.91 Å². The van der Waals surface area contributed by atoms with Crippen LogP contribution in [0.4, 0.5) is 0 Å². The van der Waals surface area contributed by atoms with Crippen molar-refractivity contribution in [3.63, 3.8) is 0 Å². The van der Waals surface area contributed by atoms with Gasteiger partial charge in [0.1, 0.15) is 0 Å². The Morgan fingerprint density at radius 2 is 2.23 bits per heavy atom. The van der Waals surface area contributed by atoms with Gasteiger partial charge in [-0.2, -0.15) is 0 Å². The van der Waals surface area contributed by atoms with Crippen LogP contribution in [-0.2, 0) is 4.79 Å². The largest absolute Gasteiger partial charge is 0.459 e. The maximum atomic E-state index is 12.5. The number of rotatable bonds is 2. The van der Waals surface area contributed by atoms with E-state index in [2.05, 4.69) is 5.32 Å². The van der Waals surface area contributed by atoms with Gasteiger partial charge in [-0.25, -0.2) is 0 Å². The molecule has 2 fully saturated rings. The molecule has 1 aromatic heterocycles. The molecule has 1 unspecified atom stereocenters. The fraction of sp³-hybridized carbons (Fsp3) is 0.600. The monoisotopic (exact) mass is 327 g/mol. The van der Waals surface area contributed by atoms with Gasteiger partial charge in [-0.1, -0.05) is 0 Å². The number of hydrogen-bond donors (Lipinski definition) is 1. The lowest BCUT2D eigenvalue weighted by Gasteiger charge is -2.40. The van der Waals surface area contributed by atoms with Gasteiger partial charge in [0.15, 0.2) is 5.76 Å².